The molecule has 12 heavy (non-hydrogen) atoms. The third kappa shape index (κ3) is 2.15. The molecule has 0 saturated carbocycles. The van der Waals surface area contributed by atoms with Crippen molar-refractivity contribution in [1.82, 2.24) is 0 Å². The van der Waals surface area contributed by atoms with Crippen LogP contribution in [0.1, 0.15) is 12.5 Å². The largest absolute Gasteiger partial charge is 0.0871 e. The van der Waals surface area contributed by atoms with Crippen LogP contribution < -0.4 is 0 Å². The van der Waals surface area contributed by atoms with Crippen LogP contribution in [0.3, 0.4) is 0 Å². The van der Waals surface area contributed by atoms with Crippen LogP contribution in [0.4, 0.5) is 5.69 Å². The minimum Gasteiger partial charge on any atom is -0.0871 e. The van der Waals surface area contributed by atoms with E-state index in [4.69, 9.17) is 5.53 Å². The number of hydrogen-bond acceptors (Lipinski definition) is 1. The minimum atomic E-state index is 0.646. The zero-order valence-corrected chi connectivity index (χ0v) is 6.81. The molecule has 0 bridgehead atoms. The Bertz CT molecular complexity index is 335. The lowest BCUT2D eigenvalue weighted by Gasteiger charge is -1.93. The summed E-state index contributed by atoms with van der Waals surface area (Å²) in [6.07, 6.45) is 3.89. The maximum Gasteiger partial charge on any atom is 0.0381 e. The molecule has 0 radical (unpaired) electrons. The maximum atomic E-state index is 8.18. The van der Waals surface area contributed by atoms with Crippen molar-refractivity contribution >= 4 is 11.8 Å². The molecule has 0 N–H and O–H groups in total. The van der Waals surface area contributed by atoms with Gasteiger partial charge in [0, 0.05) is 10.6 Å². The minimum absolute atomic E-state index is 0.646. The summed E-state index contributed by atoms with van der Waals surface area (Å²) >= 11 is 0. The SMILES string of the molecule is CC=Cc1cccc(N=[N+]=[N-])c1. The summed E-state index contributed by atoms with van der Waals surface area (Å²) in [5, 5.41) is 3.50. The van der Waals surface area contributed by atoms with E-state index in [1.54, 1.807) is 6.07 Å². The van der Waals surface area contributed by atoms with Crippen LogP contribution in [-0.2, 0) is 0 Å². The fourth-order valence-electron chi connectivity index (χ4n) is 0.935. The van der Waals surface area contributed by atoms with Crippen LogP contribution in [0, 0.1) is 0 Å². The fraction of sp³-hybridized carbons (Fsp3) is 0.111. The van der Waals surface area contributed by atoms with Crippen molar-refractivity contribution < 1.29 is 0 Å². The summed E-state index contributed by atoms with van der Waals surface area (Å²) in [6, 6.07) is 7.42. The molecule has 0 atom stereocenters. The summed E-state index contributed by atoms with van der Waals surface area (Å²) in [5.41, 5.74) is 9.87. The zero-order chi connectivity index (χ0) is 8.81. The smallest absolute Gasteiger partial charge is 0.0381 e. The van der Waals surface area contributed by atoms with Crippen LogP contribution in [0.25, 0.3) is 16.5 Å². The van der Waals surface area contributed by atoms with Gasteiger partial charge < -0.3 is 0 Å². The molecule has 3 heteroatoms. The molecule has 1 rings (SSSR count). The van der Waals surface area contributed by atoms with Crippen LogP contribution >= 0.6 is 0 Å². The molecular formula is C9H9N3. The Morgan fingerprint density at radius 2 is 2.33 bits per heavy atom. The van der Waals surface area contributed by atoms with E-state index in [9.17, 15) is 0 Å². The Hall–Kier alpha value is -1.73. The average molecular weight is 159 g/mol. The van der Waals surface area contributed by atoms with Crippen molar-refractivity contribution in [3.63, 3.8) is 0 Å². The van der Waals surface area contributed by atoms with Crippen molar-refractivity contribution in [1.29, 1.82) is 0 Å². The van der Waals surface area contributed by atoms with Gasteiger partial charge in [0.05, 0.1) is 0 Å². The average Bonchev–Trinajstić information content (AvgIpc) is 2.06. The van der Waals surface area contributed by atoms with E-state index in [0.717, 1.165) is 5.56 Å². The summed E-state index contributed by atoms with van der Waals surface area (Å²) in [7, 11) is 0. The first kappa shape index (κ1) is 8.37. The third-order valence-corrected chi connectivity index (χ3v) is 1.39. The van der Waals surface area contributed by atoms with Crippen molar-refractivity contribution in [2.75, 3.05) is 0 Å². The van der Waals surface area contributed by atoms with E-state index in [2.05, 4.69) is 10.0 Å². The number of azide groups is 1. The Kier molecular flexibility index (Phi) is 2.94. The molecule has 0 aliphatic heterocycles. The van der Waals surface area contributed by atoms with E-state index in [0.29, 0.717) is 5.69 Å². The summed E-state index contributed by atoms with van der Waals surface area (Å²) in [4.78, 5) is 2.71. The lowest BCUT2D eigenvalue weighted by Crippen LogP contribution is -1.68. The van der Waals surface area contributed by atoms with E-state index < -0.39 is 0 Å². The lowest BCUT2D eigenvalue weighted by atomic mass is 10.2. The molecule has 0 aromatic heterocycles. The Morgan fingerprint density at radius 1 is 1.50 bits per heavy atom. The predicted octanol–water partition coefficient (Wildman–Crippen LogP) is 3.66. The second-order valence-electron chi connectivity index (χ2n) is 2.28. The van der Waals surface area contributed by atoms with Crippen LogP contribution in [0.2, 0.25) is 0 Å². The zero-order valence-electron chi connectivity index (χ0n) is 6.81. The normalized spacial score (nSPS) is 9.75. The van der Waals surface area contributed by atoms with Gasteiger partial charge in [-0.3, -0.25) is 0 Å². The molecule has 0 aliphatic carbocycles. The number of allylic oxidation sites excluding steroid dienone is 1. The molecule has 0 fully saturated rings. The standard InChI is InChI=1S/C9H9N3/c1-2-4-8-5-3-6-9(7-8)11-12-10/h2-7H,1H3. The third-order valence-electron chi connectivity index (χ3n) is 1.39. The van der Waals surface area contributed by atoms with Gasteiger partial charge in [0.2, 0.25) is 0 Å². The first-order chi connectivity index (χ1) is 5.86. The van der Waals surface area contributed by atoms with Gasteiger partial charge in [0.15, 0.2) is 0 Å². The number of nitrogens with zero attached hydrogens (tertiary/aromatic N) is 3. The molecule has 0 saturated heterocycles. The van der Waals surface area contributed by atoms with Crippen LogP contribution in [0.15, 0.2) is 35.5 Å². The second-order valence-corrected chi connectivity index (χ2v) is 2.28. The van der Waals surface area contributed by atoms with Crippen molar-refractivity contribution in [2.45, 2.75) is 6.92 Å². The van der Waals surface area contributed by atoms with Gasteiger partial charge in [-0.25, -0.2) is 0 Å². The van der Waals surface area contributed by atoms with Gasteiger partial charge in [-0.15, -0.1) is 0 Å². The van der Waals surface area contributed by atoms with Gasteiger partial charge >= 0.3 is 0 Å². The van der Waals surface area contributed by atoms with E-state index in [1.165, 1.54) is 0 Å². The topological polar surface area (TPSA) is 48.8 Å². The fourth-order valence-corrected chi connectivity index (χ4v) is 0.935. The summed E-state index contributed by atoms with van der Waals surface area (Å²) in [5.74, 6) is 0. The van der Waals surface area contributed by atoms with Crippen LogP contribution in [0.5, 0.6) is 0 Å². The van der Waals surface area contributed by atoms with Gasteiger partial charge in [-0.05, 0) is 24.1 Å². The Balaban J connectivity index is 3.03. The molecule has 3 nitrogen and oxygen atoms in total. The molecule has 0 spiro atoms. The molecular weight excluding hydrogens is 150 g/mol. The first-order valence-corrected chi connectivity index (χ1v) is 3.64. The summed E-state index contributed by atoms with van der Waals surface area (Å²) in [6.45, 7) is 1.94. The van der Waals surface area contributed by atoms with Gasteiger partial charge in [0.25, 0.3) is 0 Å². The van der Waals surface area contributed by atoms with Crippen molar-refractivity contribution in [2.24, 2.45) is 5.11 Å². The molecule has 0 aliphatic rings. The maximum absolute atomic E-state index is 8.18. The predicted molar refractivity (Wildman–Crippen MR) is 50.0 cm³/mol. The highest BCUT2D eigenvalue weighted by Crippen LogP contribution is 2.14. The molecule has 1 aromatic carbocycles. The van der Waals surface area contributed by atoms with Gasteiger partial charge in [-0.1, -0.05) is 35.5 Å². The van der Waals surface area contributed by atoms with Crippen LogP contribution in [-0.4, -0.2) is 0 Å². The van der Waals surface area contributed by atoms with Gasteiger partial charge in [0.1, 0.15) is 0 Å². The number of rotatable bonds is 2. The first-order valence-electron chi connectivity index (χ1n) is 3.64. The monoisotopic (exact) mass is 159 g/mol. The number of hydrogen-bond donors (Lipinski definition) is 0. The van der Waals surface area contributed by atoms with E-state index in [-0.39, 0.29) is 0 Å². The van der Waals surface area contributed by atoms with Gasteiger partial charge in [-0.2, -0.15) is 0 Å². The molecule has 0 unspecified atom stereocenters. The summed E-state index contributed by atoms with van der Waals surface area (Å²) < 4.78 is 0. The highest BCUT2D eigenvalue weighted by Gasteiger charge is 1.88. The second kappa shape index (κ2) is 4.21. The Labute approximate surface area is 71.0 Å². The highest BCUT2D eigenvalue weighted by atomic mass is 15.1. The van der Waals surface area contributed by atoms with Crippen molar-refractivity contribution in [3.05, 3.63) is 46.3 Å². The van der Waals surface area contributed by atoms with E-state index >= 15 is 0 Å². The molecule has 0 heterocycles. The van der Waals surface area contributed by atoms with E-state index in [1.807, 2.05) is 37.3 Å². The molecule has 60 valence electrons. The molecule has 1 aromatic rings. The Morgan fingerprint density at radius 3 is 3.00 bits per heavy atom. The highest BCUT2D eigenvalue weighted by molar-refractivity contribution is 5.54. The van der Waals surface area contributed by atoms with Crippen molar-refractivity contribution in [3.8, 4) is 0 Å². The lowest BCUT2D eigenvalue weighted by molar-refractivity contribution is 1.47. The number of benzene rings is 1. The quantitative estimate of drug-likeness (QED) is 0.359. The molecule has 0 amide bonds.